The molecular formula is C11H17N5. The Morgan fingerprint density at radius 2 is 2.25 bits per heavy atom. The highest BCUT2D eigenvalue weighted by atomic mass is 15.3. The zero-order chi connectivity index (χ0) is 11.4. The zero-order valence-electron chi connectivity index (χ0n) is 9.72. The summed E-state index contributed by atoms with van der Waals surface area (Å²) in [5.41, 5.74) is 2.37. The molecule has 5 nitrogen and oxygen atoms in total. The molecule has 0 aliphatic rings. The summed E-state index contributed by atoms with van der Waals surface area (Å²) in [6.07, 6.45) is 5.79. The lowest BCUT2D eigenvalue weighted by Gasteiger charge is -2.05. The van der Waals surface area contributed by atoms with Crippen molar-refractivity contribution in [2.75, 3.05) is 7.05 Å². The fraction of sp³-hybridized carbons (Fsp3) is 0.455. The van der Waals surface area contributed by atoms with Crippen LogP contribution in [0.15, 0.2) is 24.7 Å². The largest absolute Gasteiger partial charge is 0.314 e. The second kappa shape index (κ2) is 4.94. The van der Waals surface area contributed by atoms with E-state index in [0.717, 1.165) is 19.6 Å². The van der Waals surface area contributed by atoms with Crippen molar-refractivity contribution >= 4 is 0 Å². The number of aryl methyl sites for hydroxylation is 1. The molecule has 86 valence electrons. The molecule has 5 heteroatoms. The van der Waals surface area contributed by atoms with E-state index >= 15 is 0 Å². The molecule has 0 spiro atoms. The van der Waals surface area contributed by atoms with Crippen LogP contribution in [0.25, 0.3) is 0 Å². The summed E-state index contributed by atoms with van der Waals surface area (Å²) >= 11 is 0. The maximum absolute atomic E-state index is 4.30. The minimum atomic E-state index is 0.782. The number of aromatic nitrogens is 4. The first-order valence-electron chi connectivity index (χ1n) is 5.50. The van der Waals surface area contributed by atoms with Gasteiger partial charge in [-0.25, -0.2) is 0 Å². The molecule has 2 aromatic rings. The topological polar surface area (TPSA) is 47.7 Å². The van der Waals surface area contributed by atoms with Crippen molar-refractivity contribution in [3.63, 3.8) is 0 Å². The van der Waals surface area contributed by atoms with E-state index in [-0.39, 0.29) is 0 Å². The van der Waals surface area contributed by atoms with Crippen LogP contribution < -0.4 is 5.32 Å². The van der Waals surface area contributed by atoms with Crippen LogP contribution in [-0.2, 0) is 19.6 Å². The minimum Gasteiger partial charge on any atom is -0.314 e. The summed E-state index contributed by atoms with van der Waals surface area (Å²) in [4.78, 5) is 0. The van der Waals surface area contributed by atoms with Crippen LogP contribution in [0.3, 0.4) is 0 Å². The van der Waals surface area contributed by atoms with Gasteiger partial charge in [0.15, 0.2) is 0 Å². The molecule has 0 amide bonds. The van der Waals surface area contributed by atoms with E-state index < -0.39 is 0 Å². The van der Waals surface area contributed by atoms with Gasteiger partial charge in [0.25, 0.3) is 0 Å². The van der Waals surface area contributed by atoms with E-state index in [1.165, 1.54) is 11.3 Å². The summed E-state index contributed by atoms with van der Waals surface area (Å²) in [6, 6.07) is 2.03. The van der Waals surface area contributed by atoms with Gasteiger partial charge in [0.1, 0.15) is 0 Å². The SMILES string of the molecule is CCn1cc(Cn2nccc2CNC)cn1. The number of nitrogens with one attached hydrogen (secondary N) is 1. The van der Waals surface area contributed by atoms with Gasteiger partial charge < -0.3 is 5.32 Å². The van der Waals surface area contributed by atoms with Gasteiger partial charge in [0.05, 0.1) is 18.4 Å². The molecule has 0 aliphatic carbocycles. The Morgan fingerprint density at radius 1 is 1.38 bits per heavy atom. The average molecular weight is 219 g/mol. The first kappa shape index (κ1) is 10.9. The Labute approximate surface area is 95.1 Å². The lowest BCUT2D eigenvalue weighted by molar-refractivity contribution is 0.620. The third-order valence-corrected chi connectivity index (χ3v) is 2.51. The molecule has 0 fully saturated rings. The molecule has 0 radical (unpaired) electrons. The van der Waals surface area contributed by atoms with Crippen molar-refractivity contribution in [3.05, 3.63) is 35.9 Å². The van der Waals surface area contributed by atoms with Crippen LogP contribution in [0, 0.1) is 0 Å². The maximum Gasteiger partial charge on any atom is 0.0693 e. The normalized spacial score (nSPS) is 10.9. The fourth-order valence-electron chi connectivity index (χ4n) is 1.67. The number of hydrogen-bond donors (Lipinski definition) is 1. The fourth-order valence-corrected chi connectivity index (χ4v) is 1.67. The number of rotatable bonds is 5. The predicted molar refractivity (Wildman–Crippen MR) is 62.0 cm³/mol. The second-order valence-electron chi connectivity index (χ2n) is 3.71. The van der Waals surface area contributed by atoms with E-state index in [4.69, 9.17) is 0 Å². The van der Waals surface area contributed by atoms with Crippen LogP contribution in [0.1, 0.15) is 18.2 Å². The molecule has 2 rings (SSSR count). The van der Waals surface area contributed by atoms with Crippen molar-refractivity contribution in [2.24, 2.45) is 0 Å². The quantitative estimate of drug-likeness (QED) is 0.811. The van der Waals surface area contributed by atoms with Gasteiger partial charge in [-0.1, -0.05) is 0 Å². The van der Waals surface area contributed by atoms with Crippen LogP contribution in [-0.4, -0.2) is 26.6 Å². The molecule has 2 aromatic heterocycles. The Hall–Kier alpha value is -1.62. The monoisotopic (exact) mass is 219 g/mol. The summed E-state index contributed by atoms with van der Waals surface area (Å²) in [6.45, 7) is 4.60. The Bertz CT molecular complexity index is 443. The second-order valence-corrected chi connectivity index (χ2v) is 3.71. The highest BCUT2D eigenvalue weighted by Gasteiger charge is 2.03. The van der Waals surface area contributed by atoms with Crippen molar-refractivity contribution in [2.45, 2.75) is 26.6 Å². The maximum atomic E-state index is 4.30. The van der Waals surface area contributed by atoms with Gasteiger partial charge in [0.2, 0.25) is 0 Å². The minimum absolute atomic E-state index is 0.782. The summed E-state index contributed by atoms with van der Waals surface area (Å²) < 4.78 is 3.92. The molecule has 0 atom stereocenters. The van der Waals surface area contributed by atoms with Crippen molar-refractivity contribution in [3.8, 4) is 0 Å². The van der Waals surface area contributed by atoms with Crippen molar-refractivity contribution in [1.82, 2.24) is 24.9 Å². The van der Waals surface area contributed by atoms with Crippen LogP contribution in [0.2, 0.25) is 0 Å². The molecule has 16 heavy (non-hydrogen) atoms. The van der Waals surface area contributed by atoms with Crippen molar-refractivity contribution in [1.29, 1.82) is 0 Å². The first-order valence-corrected chi connectivity index (χ1v) is 5.50. The number of nitrogens with zero attached hydrogens (tertiary/aromatic N) is 4. The van der Waals surface area contributed by atoms with Gasteiger partial charge >= 0.3 is 0 Å². The molecule has 2 heterocycles. The molecule has 0 aliphatic heterocycles. The summed E-state index contributed by atoms with van der Waals surface area (Å²) in [5, 5.41) is 11.7. The number of hydrogen-bond acceptors (Lipinski definition) is 3. The van der Waals surface area contributed by atoms with E-state index in [2.05, 4.69) is 28.6 Å². The Morgan fingerprint density at radius 3 is 2.94 bits per heavy atom. The highest BCUT2D eigenvalue weighted by molar-refractivity contribution is 5.08. The predicted octanol–water partition coefficient (Wildman–Crippen LogP) is 0.867. The molecule has 0 saturated carbocycles. The van der Waals surface area contributed by atoms with E-state index in [1.54, 1.807) is 0 Å². The van der Waals surface area contributed by atoms with E-state index in [1.807, 2.05) is 34.9 Å². The molecule has 0 aromatic carbocycles. The van der Waals surface area contributed by atoms with Gasteiger partial charge in [-0.05, 0) is 20.0 Å². The third kappa shape index (κ3) is 2.30. The molecule has 0 saturated heterocycles. The lowest BCUT2D eigenvalue weighted by atomic mass is 10.3. The van der Waals surface area contributed by atoms with Gasteiger partial charge in [-0.3, -0.25) is 9.36 Å². The molecule has 0 unspecified atom stereocenters. The lowest BCUT2D eigenvalue weighted by Crippen LogP contribution is -2.12. The van der Waals surface area contributed by atoms with Crippen LogP contribution in [0.4, 0.5) is 0 Å². The molecular weight excluding hydrogens is 202 g/mol. The van der Waals surface area contributed by atoms with E-state index in [0.29, 0.717) is 0 Å². The van der Waals surface area contributed by atoms with Gasteiger partial charge in [-0.15, -0.1) is 0 Å². The van der Waals surface area contributed by atoms with E-state index in [9.17, 15) is 0 Å². The molecule has 0 bridgehead atoms. The van der Waals surface area contributed by atoms with Gasteiger partial charge in [0, 0.05) is 31.0 Å². The third-order valence-electron chi connectivity index (χ3n) is 2.51. The zero-order valence-corrected chi connectivity index (χ0v) is 9.72. The Balaban J connectivity index is 2.10. The standard InChI is InChI=1S/C11H17N5/c1-3-15-8-10(6-14-15)9-16-11(7-12-2)4-5-13-16/h4-6,8,12H,3,7,9H2,1-2H3. The van der Waals surface area contributed by atoms with Crippen LogP contribution >= 0.6 is 0 Å². The first-order chi connectivity index (χ1) is 7.83. The van der Waals surface area contributed by atoms with Crippen LogP contribution in [0.5, 0.6) is 0 Å². The smallest absolute Gasteiger partial charge is 0.0693 e. The Kier molecular flexibility index (Phi) is 3.36. The van der Waals surface area contributed by atoms with Gasteiger partial charge in [-0.2, -0.15) is 10.2 Å². The average Bonchev–Trinajstić information content (AvgIpc) is 2.90. The summed E-state index contributed by atoms with van der Waals surface area (Å²) in [7, 11) is 1.94. The summed E-state index contributed by atoms with van der Waals surface area (Å²) in [5.74, 6) is 0. The highest BCUT2D eigenvalue weighted by Crippen LogP contribution is 2.04. The molecule has 1 N–H and O–H groups in total. The van der Waals surface area contributed by atoms with Crippen molar-refractivity contribution < 1.29 is 0 Å².